The average molecular weight is 345 g/mol. The maximum absolute atomic E-state index is 13.3. The van der Waals surface area contributed by atoms with E-state index in [2.05, 4.69) is 0 Å². The van der Waals surface area contributed by atoms with Crippen LogP contribution in [0.3, 0.4) is 0 Å². The molecule has 1 fully saturated rings. The highest BCUT2D eigenvalue weighted by molar-refractivity contribution is 6.62. The van der Waals surface area contributed by atoms with E-state index < -0.39 is 42.7 Å². The first kappa shape index (κ1) is 18.6. The summed E-state index contributed by atoms with van der Waals surface area (Å²) < 4.78 is 51.4. The number of carbonyl (C=O) groups is 1. The molecular weight excluding hydrogens is 326 g/mol. The molecule has 0 radical (unpaired) electrons. The fourth-order valence-corrected chi connectivity index (χ4v) is 2.31. The Morgan fingerprint density at radius 2 is 1.75 bits per heavy atom. The molecule has 24 heavy (non-hydrogen) atoms. The highest BCUT2D eigenvalue weighted by Gasteiger charge is 2.52. The number of carboxylic acid groups (broad SMARTS) is 1. The molecular formula is C15H19BF3NO4. The van der Waals surface area contributed by atoms with Crippen molar-refractivity contribution in [1.29, 1.82) is 0 Å². The van der Waals surface area contributed by atoms with Gasteiger partial charge in [0, 0.05) is 6.54 Å². The molecule has 1 aliphatic heterocycles. The van der Waals surface area contributed by atoms with Gasteiger partial charge in [-0.3, -0.25) is 0 Å². The van der Waals surface area contributed by atoms with Gasteiger partial charge in [-0.25, -0.2) is 4.79 Å². The molecule has 1 saturated heterocycles. The zero-order chi connectivity index (χ0) is 18.3. The number of rotatable bonds is 3. The second kappa shape index (κ2) is 5.96. The van der Waals surface area contributed by atoms with Crippen LogP contribution in [0, 0.1) is 0 Å². The van der Waals surface area contributed by atoms with Gasteiger partial charge in [-0.15, -0.1) is 0 Å². The van der Waals surface area contributed by atoms with Crippen molar-refractivity contribution in [2.75, 3.05) is 0 Å². The van der Waals surface area contributed by atoms with Gasteiger partial charge in [0.1, 0.15) is 0 Å². The summed E-state index contributed by atoms with van der Waals surface area (Å²) >= 11 is 0. The molecule has 0 spiro atoms. The third-order valence-corrected chi connectivity index (χ3v) is 4.39. The summed E-state index contributed by atoms with van der Waals surface area (Å²) in [6.45, 7) is 6.80. The fourth-order valence-electron chi connectivity index (χ4n) is 2.31. The number of amides is 1. The lowest BCUT2D eigenvalue weighted by molar-refractivity contribution is -0.138. The number of alkyl halides is 3. The Morgan fingerprint density at radius 1 is 1.21 bits per heavy atom. The monoisotopic (exact) mass is 345 g/mol. The van der Waals surface area contributed by atoms with E-state index in [9.17, 15) is 18.0 Å². The molecule has 0 aliphatic carbocycles. The van der Waals surface area contributed by atoms with Crippen LogP contribution in [0.25, 0.3) is 0 Å². The van der Waals surface area contributed by atoms with Crippen molar-refractivity contribution >= 4 is 18.7 Å². The molecule has 0 aromatic heterocycles. The molecule has 1 aliphatic rings. The Bertz CT molecular complexity index is 630. The molecule has 0 atom stereocenters. The normalized spacial score (nSPS) is 19.4. The van der Waals surface area contributed by atoms with Crippen LogP contribution in [0.5, 0.6) is 0 Å². The molecule has 1 aromatic carbocycles. The van der Waals surface area contributed by atoms with E-state index >= 15 is 0 Å². The predicted molar refractivity (Wildman–Crippen MR) is 82.0 cm³/mol. The molecule has 0 bridgehead atoms. The van der Waals surface area contributed by atoms with Crippen LogP contribution >= 0.6 is 0 Å². The average Bonchev–Trinajstić information content (AvgIpc) is 2.64. The van der Waals surface area contributed by atoms with E-state index in [1.54, 1.807) is 0 Å². The van der Waals surface area contributed by atoms with Gasteiger partial charge in [0.2, 0.25) is 0 Å². The molecule has 0 unspecified atom stereocenters. The first-order valence-electron chi connectivity index (χ1n) is 7.36. The maximum Gasteiger partial charge on any atom is 0.494 e. The summed E-state index contributed by atoms with van der Waals surface area (Å²) in [5.41, 5.74) is -2.17. The summed E-state index contributed by atoms with van der Waals surface area (Å²) in [6, 6.07) is 3.64. The van der Waals surface area contributed by atoms with Crippen LogP contribution in [0.4, 0.5) is 18.0 Å². The Hall–Kier alpha value is -1.74. The van der Waals surface area contributed by atoms with Crippen molar-refractivity contribution in [2.24, 2.45) is 0 Å². The fraction of sp³-hybridized carbons (Fsp3) is 0.533. The third kappa shape index (κ3) is 3.67. The Balaban J connectivity index is 2.35. The van der Waals surface area contributed by atoms with Gasteiger partial charge in [0.05, 0.1) is 16.8 Å². The van der Waals surface area contributed by atoms with Gasteiger partial charge in [0.15, 0.2) is 0 Å². The molecule has 0 saturated carbocycles. The van der Waals surface area contributed by atoms with Crippen LogP contribution in [0.1, 0.15) is 38.8 Å². The van der Waals surface area contributed by atoms with Crippen molar-refractivity contribution in [2.45, 2.75) is 51.6 Å². The zero-order valence-corrected chi connectivity index (χ0v) is 13.8. The van der Waals surface area contributed by atoms with Crippen LogP contribution in [-0.4, -0.2) is 29.5 Å². The van der Waals surface area contributed by atoms with Crippen LogP contribution in [0.2, 0.25) is 0 Å². The Labute approximate surface area is 138 Å². The molecule has 2 N–H and O–H groups in total. The van der Waals surface area contributed by atoms with E-state index in [-0.39, 0.29) is 11.0 Å². The maximum atomic E-state index is 13.3. The van der Waals surface area contributed by atoms with Crippen molar-refractivity contribution in [3.63, 3.8) is 0 Å². The van der Waals surface area contributed by atoms with Gasteiger partial charge in [-0.05, 0) is 44.8 Å². The molecule has 1 aromatic rings. The van der Waals surface area contributed by atoms with Gasteiger partial charge in [-0.2, -0.15) is 13.2 Å². The molecule has 5 nitrogen and oxygen atoms in total. The topological polar surface area (TPSA) is 67.8 Å². The highest BCUT2D eigenvalue weighted by Crippen LogP contribution is 2.37. The van der Waals surface area contributed by atoms with Gasteiger partial charge >= 0.3 is 19.4 Å². The minimum atomic E-state index is -4.62. The number of hydrogen-bond donors (Lipinski definition) is 2. The quantitative estimate of drug-likeness (QED) is 0.827. The number of benzene rings is 1. The zero-order valence-electron chi connectivity index (χ0n) is 13.8. The lowest BCUT2D eigenvalue weighted by Gasteiger charge is -2.32. The minimum Gasteiger partial charge on any atom is -0.465 e. The lowest BCUT2D eigenvalue weighted by atomic mass is 9.77. The van der Waals surface area contributed by atoms with Crippen LogP contribution in [0.15, 0.2) is 18.2 Å². The van der Waals surface area contributed by atoms with Crippen molar-refractivity contribution in [3.05, 3.63) is 29.3 Å². The minimum absolute atomic E-state index is 0.162. The predicted octanol–water partition coefficient (Wildman–Crippen LogP) is 2.77. The molecule has 2 rings (SSSR count). The smallest absolute Gasteiger partial charge is 0.465 e. The van der Waals surface area contributed by atoms with Crippen molar-refractivity contribution in [1.82, 2.24) is 5.32 Å². The van der Waals surface area contributed by atoms with E-state index in [1.807, 2.05) is 33.0 Å². The lowest BCUT2D eigenvalue weighted by Crippen LogP contribution is -2.41. The second-order valence-corrected chi connectivity index (χ2v) is 6.66. The molecule has 1 amide bonds. The van der Waals surface area contributed by atoms with E-state index in [0.717, 1.165) is 6.07 Å². The highest BCUT2D eigenvalue weighted by atomic mass is 19.4. The summed E-state index contributed by atoms with van der Waals surface area (Å²) in [7, 11) is -0.919. The Morgan fingerprint density at radius 3 is 2.21 bits per heavy atom. The van der Waals surface area contributed by atoms with Crippen LogP contribution in [-0.2, 0) is 22.0 Å². The largest absolute Gasteiger partial charge is 0.494 e. The molecule has 9 heteroatoms. The summed E-state index contributed by atoms with van der Waals surface area (Å²) in [4.78, 5) is 10.5. The number of halogens is 3. The third-order valence-electron chi connectivity index (χ3n) is 4.39. The van der Waals surface area contributed by atoms with Crippen LogP contribution < -0.4 is 10.8 Å². The van der Waals surface area contributed by atoms with E-state index in [0.29, 0.717) is 0 Å². The first-order valence-corrected chi connectivity index (χ1v) is 7.36. The SMILES string of the molecule is CC1(C)OB(c2ccc(CNC(=O)O)c(C(F)(F)F)c2)OC1(C)C. The summed E-state index contributed by atoms with van der Waals surface area (Å²) in [5, 5.41) is 10.5. The Kier molecular flexibility index (Phi) is 4.62. The summed E-state index contributed by atoms with van der Waals surface area (Å²) in [5.74, 6) is 0. The summed E-state index contributed by atoms with van der Waals surface area (Å²) in [6.07, 6.45) is -6.01. The van der Waals surface area contributed by atoms with Crippen molar-refractivity contribution in [3.8, 4) is 0 Å². The first-order chi connectivity index (χ1) is 10.8. The van der Waals surface area contributed by atoms with Crippen molar-refractivity contribution < 1.29 is 32.4 Å². The standard InChI is InChI=1S/C15H19BF3NO4/c1-13(2)14(3,4)24-16(23-13)10-6-5-9(8-20-12(21)22)11(7-10)15(17,18)19/h5-7,20H,8H2,1-4H3,(H,21,22). The molecule has 132 valence electrons. The van der Waals surface area contributed by atoms with E-state index in [1.165, 1.54) is 12.1 Å². The van der Waals surface area contributed by atoms with Gasteiger partial charge in [0.25, 0.3) is 0 Å². The number of hydrogen-bond acceptors (Lipinski definition) is 3. The van der Waals surface area contributed by atoms with Gasteiger partial charge in [-0.1, -0.05) is 12.1 Å². The van der Waals surface area contributed by atoms with Gasteiger partial charge < -0.3 is 19.7 Å². The van der Waals surface area contributed by atoms with E-state index in [4.69, 9.17) is 14.4 Å². The number of nitrogens with one attached hydrogen (secondary N) is 1. The molecule has 1 heterocycles. The second-order valence-electron chi connectivity index (χ2n) is 6.66.